The van der Waals surface area contributed by atoms with Gasteiger partial charge in [0.15, 0.2) is 11.5 Å². The SMILES string of the molecule is O=S(=O)(CCCS)N1CCN(Cc2ccc3c(c2)OCO3)CC1. The van der Waals surface area contributed by atoms with Crippen LogP contribution in [0.5, 0.6) is 11.5 Å². The highest BCUT2D eigenvalue weighted by Crippen LogP contribution is 2.32. The lowest BCUT2D eigenvalue weighted by molar-refractivity contribution is 0.173. The lowest BCUT2D eigenvalue weighted by atomic mass is 10.2. The van der Waals surface area contributed by atoms with Crippen LogP contribution in [0.15, 0.2) is 18.2 Å². The van der Waals surface area contributed by atoms with Gasteiger partial charge in [-0.25, -0.2) is 8.42 Å². The van der Waals surface area contributed by atoms with Gasteiger partial charge in [0.05, 0.1) is 5.75 Å². The number of sulfonamides is 1. The molecule has 0 saturated carbocycles. The van der Waals surface area contributed by atoms with Gasteiger partial charge >= 0.3 is 0 Å². The molecule has 0 N–H and O–H groups in total. The first kappa shape index (κ1) is 16.9. The molecule has 6 nitrogen and oxygen atoms in total. The summed E-state index contributed by atoms with van der Waals surface area (Å²) >= 11 is 4.08. The van der Waals surface area contributed by atoms with Crippen molar-refractivity contribution < 1.29 is 17.9 Å². The molecule has 1 aromatic rings. The summed E-state index contributed by atoms with van der Waals surface area (Å²) in [5.74, 6) is 2.37. The molecule has 8 heteroatoms. The van der Waals surface area contributed by atoms with Gasteiger partial charge in [-0.1, -0.05) is 6.07 Å². The molecule has 1 aromatic carbocycles. The maximum absolute atomic E-state index is 12.2. The van der Waals surface area contributed by atoms with E-state index >= 15 is 0 Å². The molecule has 0 aromatic heterocycles. The number of thiol groups is 1. The summed E-state index contributed by atoms with van der Waals surface area (Å²) in [6.07, 6.45) is 0.600. The molecular formula is C15H22N2O4S2. The Labute approximate surface area is 142 Å². The molecule has 0 aliphatic carbocycles. The maximum Gasteiger partial charge on any atom is 0.231 e. The predicted octanol–water partition coefficient (Wildman–Crippen LogP) is 1.18. The summed E-state index contributed by atoms with van der Waals surface area (Å²) in [5.41, 5.74) is 1.15. The number of fused-ring (bicyclic) bond motifs is 1. The first-order valence-corrected chi connectivity index (χ1v) is 10.0. The molecule has 0 bridgehead atoms. The Hall–Kier alpha value is -0.960. The van der Waals surface area contributed by atoms with E-state index in [2.05, 4.69) is 17.5 Å². The summed E-state index contributed by atoms with van der Waals surface area (Å²) in [4.78, 5) is 2.27. The van der Waals surface area contributed by atoms with Gasteiger partial charge in [0.1, 0.15) is 0 Å². The quantitative estimate of drug-likeness (QED) is 0.774. The molecule has 2 heterocycles. The van der Waals surface area contributed by atoms with Crippen molar-refractivity contribution in [3.05, 3.63) is 23.8 Å². The molecule has 1 fully saturated rings. The number of ether oxygens (including phenoxy) is 2. The Bertz CT molecular complexity index is 643. The number of hydrogen-bond acceptors (Lipinski definition) is 6. The van der Waals surface area contributed by atoms with E-state index in [1.54, 1.807) is 4.31 Å². The van der Waals surface area contributed by atoms with Crippen LogP contribution in [0.1, 0.15) is 12.0 Å². The van der Waals surface area contributed by atoms with Crippen LogP contribution in [0.25, 0.3) is 0 Å². The molecule has 3 rings (SSSR count). The van der Waals surface area contributed by atoms with Crippen molar-refractivity contribution in [3.63, 3.8) is 0 Å². The Balaban J connectivity index is 1.53. The van der Waals surface area contributed by atoms with E-state index in [9.17, 15) is 8.42 Å². The van der Waals surface area contributed by atoms with Crippen LogP contribution in [0.4, 0.5) is 0 Å². The number of nitrogens with zero attached hydrogens (tertiary/aromatic N) is 2. The summed E-state index contributed by atoms with van der Waals surface area (Å²) in [7, 11) is -3.13. The summed E-state index contributed by atoms with van der Waals surface area (Å²) in [6.45, 7) is 3.67. The van der Waals surface area contributed by atoms with Gasteiger partial charge in [-0.05, 0) is 29.9 Å². The number of rotatable bonds is 6. The Kier molecular flexibility index (Phi) is 5.35. The topological polar surface area (TPSA) is 59.1 Å². The summed E-state index contributed by atoms with van der Waals surface area (Å²) in [5, 5.41) is 0. The maximum atomic E-state index is 12.2. The molecule has 2 aliphatic heterocycles. The van der Waals surface area contributed by atoms with Gasteiger partial charge < -0.3 is 9.47 Å². The molecule has 1 saturated heterocycles. The van der Waals surface area contributed by atoms with Gasteiger partial charge in [0.25, 0.3) is 0 Å². The van der Waals surface area contributed by atoms with Gasteiger partial charge in [0, 0.05) is 32.7 Å². The number of hydrogen-bond donors (Lipinski definition) is 1. The van der Waals surface area contributed by atoms with Crippen LogP contribution < -0.4 is 9.47 Å². The van der Waals surface area contributed by atoms with Crippen molar-refractivity contribution >= 4 is 22.7 Å². The smallest absolute Gasteiger partial charge is 0.231 e. The molecular weight excluding hydrogens is 336 g/mol. The minimum absolute atomic E-state index is 0.193. The average Bonchev–Trinajstić information content (AvgIpc) is 3.01. The van der Waals surface area contributed by atoms with Crippen molar-refractivity contribution in [2.45, 2.75) is 13.0 Å². The van der Waals surface area contributed by atoms with Gasteiger partial charge in [-0.3, -0.25) is 4.90 Å². The third-order valence-electron chi connectivity index (χ3n) is 4.13. The molecule has 0 spiro atoms. The molecule has 0 amide bonds. The number of benzene rings is 1. The van der Waals surface area contributed by atoms with E-state index < -0.39 is 10.0 Å². The van der Waals surface area contributed by atoms with Crippen LogP contribution in [0.2, 0.25) is 0 Å². The minimum atomic E-state index is -3.13. The Morgan fingerprint density at radius 3 is 2.57 bits per heavy atom. The van der Waals surface area contributed by atoms with E-state index in [4.69, 9.17) is 9.47 Å². The first-order chi connectivity index (χ1) is 11.1. The van der Waals surface area contributed by atoms with Crippen LogP contribution in [0, 0.1) is 0 Å². The van der Waals surface area contributed by atoms with E-state index in [1.165, 1.54) is 0 Å². The normalized spacial score (nSPS) is 19.2. The van der Waals surface area contributed by atoms with E-state index in [-0.39, 0.29) is 12.5 Å². The Morgan fingerprint density at radius 1 is 1.09 bits per heavy atom. The lowest BCUT2D eigenvalue weighted by Crippen LogP contribution is -2.48. The average molecular weight is 358 g/mol. The highest BCUT2D eigenvalue weighted by atomic mass is 32.2. The second kappa shape index (κ2) is 7.29. The molecule has 128 valence electrons. The molecule has 0 atom stereocenters. The van der Waals surface area contributed by atoms with Crippen molar-refractivity contribution in [2.24, 2.45) is 0 Å². The molecule has 23 heavy (non-hydrogen) atoms. The van der Waals surface area contributed by atoms with Crippen LogP contribution in [-0.4, -0.2) is 62.1 Å². The van der Waals surface area contributed by atoms with Gasteiger partial charge in [-0.15, -0.1) is 0 Å². The zero-order valence-electron chi connectivity index (χ0n) is 13.0. The van der Waals surface area contributed by atoms with Crippen LogP contribution in [-0.2, 0) is 16.6 Å². The second-order valence-electron chi connectivity index (χ2n) is 5.76. The van der Waals surface area contributed by atoms with Crippen molar-refractivity contribution in [3.8, 4) is 11.5 Å². The fraction of sp³-hybridized carbons (Fsp3) is 0.600. The highest BCUT2D eigenvalue weighted by Gasteiger charge is 2.26. The largest absolute Gasteiger partial charge is 0.454 e. The predicted molar refractivity (Wildman–Crippen MR) is 91.7 cm³/mol. The van der Waals surface area contributed by atoms with Crippen molar-refractivity contribution in [1.82, 2.24) is 9.21 Å². The minimum Gasteiger partial charge on any atom is -0.454 e. The van der Waals surface area contributed by atoms with Gasteiger partial charge in [-0.2, -0.15) is 16.9 Å². The standard InChI is InChI=1S/C15H22N2O4S2/c18-23(19,9-1-8-22)17-6-4-16(5-7-17)11-13-2-3-14-15(10-13)21-12-20-14/h2-3,10,22H,1,4-9,11-12H2. The fourth-order valence-electron chi connectivity index (χ4n) is 2.84. The van der Waals surface area contributed by atoms with Gasteiger partial charge in [0.2, 0.25) is 16.8 Å². The highest BCUT2D eigenvalue weighted by molar-refractivity contribution is 7.89. The molecule has 2 aliphatic rings. The van der Waals surface area contributed by atoms with E-state index in [0.29, 0.717) is 25.3 Å². The third-order valence-corrected chi connectivity index (χ3v) is 6.40. The number of piperazine rings is 1. The monoisotopic (exact) mass is 358 g/mol. The Morgan fingerprint density at radius 2 is 1.83 bits per heavy atom. The zero-order chi connectivity index (χ0) is 16.3. The summed E-state index contributed by atoms with van der Waals surface area (Å²) in [6, 6.07) is 5.96. The van der Waals surface area contributed by atoms with Crippen LogP contribution in [0.3, 0.4) is 0 Å². The first-order valence-electron chi connectivity index (χ1n) is 7.78. The molecule has 0 radical (unpaired) electrons. The van der Waals surface area contributed by atoms with Crippen molar-refractivity contribution in [2.75, 3.05) is 44.5 Å². The summed E-state index contributed by atoms with van der Waals surface area (Å²) < 4.78 is 36.7. The second-order valence-corrected chi connectivity index (χ2v) is 8.29. The fourth-order valence-corrected chi connectivity index (χ4v) is 4.70. The van der Waals surface area contributed by atoms with E-state index in [0.717, 1.165) is 36.7 Å². The van der Waals surface area contributed by atoms with Crippen molar-refractivity contribution in [1.29, 1.82) is 0 Å². The third kappa shape index (κ3) is 4.12. The zero-order valence-corrected chi connectivity index (χ0v) is 14.7. The van der Waals surface area contributed by atoms with E-state index in [1.807, 2.05) is 18.2 Å². The van der Waals surface area contributed by atoms with Crippen LogP contribution >= 0.6 is 12.6 Å². The lowest BCUT2D eigenvalue weighted by Gasteiger charge is -2.34. The molecule has 0 unspecified atom stereocenters.